The lowest BCUT2D eigenvalue weighted by atomic mass is 10.1. The van der Waals surface area contributed by atoms with Crippen LogP contribution in [0.1, 0.15) is 23.2 Å². The Balaban J connectivity index is 1.82. The van der Waals surface area contributed by atoms with Crippen LogP contribution in [0, 0.1) is 13.8 Å². The van der Waals surface area contributed by atoms with E-state index in [1.165, 1.54) is 11.1 Å². The number of aromatic amines is 1. The Morgan fingerprint density at radius 3 is 2.94 bits per heavy atom. The van der Waals surface area contributed by atoms with E-state index in [9.17, 15) is 0 Å². The third kappa shape index (κ3) is 3.10. The van der Waals surface area contributed by atoms with Gasteiger partial charge in [0.2, 0.25) is 0 Å². The van der Waals surface area contributed by atoms with Gasteiger partial charge in [-0.15, -0.1) is 0 Å². The molecule has 2 rings (SSSR count). The lowest BCUT2D eigenvalue weighted by molar-refractivity contribution is 0.852. The maximum absolute atomic E-state index is 4.31. The fraction of sp³-hybridized carbons (Fsp3) is 0.385. The smallest absolute Gasteiger partial charge is 0.140 e. The largest absolute Gasteiger partial charge is 0.369 e. The van der Waals surface area contributed by atoms with Crippen LogP contribution in [0.15, 0.2) is 22.9 Å². The van der Waals surface area contributed by atoms with Gasteiger partial charge in [0.05, 0.1) is 10.7 Å². The molecule has 0 radical (unpaired) electrons. The van der Waals surface area contributed by atoms with Crippen LogP contribution in [-0.4, -0.2) is 21.7 Å². The molecule has 0 spiro atoms. The summed E-state index contributed by atoms with van der Waals surface area (Å²) in [5.74, 6) is 0.916. The van der Waals surface area contributed by atoms with Gasteiger partial charge in [-0.25, -0.2) is 4.98 Å². The van der Waals surface area contributed by atoms with Gasteiger partial charge in [0.15, 0.2) is 0 Å². The number of H-pyrrole nitrogens is 1. The van der Waals surface area contributed by atoms with Crippen LogP contribution < -0.4 is 5.32 Å². The summed E-state index contributed by atoms with van der Waals surface area (Å²) >= 11 is 3.54. The maximum atomic E-state index is 4.31. The van der Waals surface area contributed by atoms with E-state index in [0.717, 1.165) is 35.4 Å². The van der Waals surface area contributed by atoms with Gasteiger partial charge in [0.1, 0.15) is 5.82 Å². The van der Waals surface area contributed by atoms with Crippen LogP contribution in [0.5, 0.6) is 0 Å². The first kappa shape index (κ1) is 13.1. The fourth-order valence-electron chi connectivity index (χ4n) is 1.78. The molecule has 18 heavy (non-hydrogen) atoms. The zero-order valence-electron chi connectivity index (χ0n) is 10.6. The molecule has 0 bridgehead atoms. The molecule has 0 aromatic carbocycles. The Bertz CT molecular complexity index is 521. The minimum absolute atomic E-state index is 0.902. The predicted molar refractivity (Wildman–Crippen MR) is 76.8 cm³/mol. The molecule has 0 aliphatic heterocycles. The quantitative estimate of drug-likeness (QED) is 0.834. The van der Waals surface area contributed by atoms with E-state index in [2.05, 4.69) is 50.3 Å². The zero-order chi connectivity index (χ0) is 13.0. The highest BCUT2D eigenvalue weighted by molar-refractivity contribution is 9.10. The molecule has 2 aromatic rings. The number of pyridine rings is 1. The number of nitrogens with zero attached hydrogens (tertiary/aromatic N) is 2. The summed E-state index contributed by atoms with van der Waals surface area (Å²) in [6.07, 6.45) is 5.81. The van der Waals surface area contributed by atoms with Crippen molar-refractivity contribution >= 4 is 21.7 Å². The molecular formula is C13H17BrN4. The normalized spacial score (nSPS) is 10.6. The molecule has 2 aromatic heterocycles. The van der Waals surface area contributed by atoms with Gasteiger partial charge < -0.3 is 5.32 Å². The summed E-state index contributed by atoms with van der Waals surface area (Å²) in [6.45, 7) is 5.01. The summed E-state index contributed by atoms with van der Waals surface area (Å²) in [5, 5.41) is 10.3. The van der Waals surface area contributed by atoms with E-state index >= 15 is 0 Å². The summed E-state index contributed by atoms with van der Waals surface area (Å²) < 4.78 is 1.05. The summed E-state index contributed by atoms with van der Waals surface area (Å²) in [4.78, 5) is 4.31. The highest BCUT2D eigenvalue weighted by Crippen LogP contribution is 2.23. The van der Waals surface area contributed by atoms with Crippen molar-refractivity contribution in [1.82, 2.24) is 15.2 Å². The minimum Gasteiger partial charge on any atom is -0.369 e. The third-order valence-electron chi connectivity index (χ3n) is 2.93. The van der Waals surface area contributed by atoms with Gasteiger partial charge in [0, 0.05) is 18.4 Å². The van der Waals surface area contributed by atoms with Crippen molar-refractivity contribution in [1.29, 1.82) is 0 Å². The van der Waals surface area contributed by atoms with Crippen molar-refractivity contribution in [2.75, 3.05) is 11.9 Å². The lowest BCUT2D eigenvalue weighted by Crippen LogP contribution is -2.05. The van der Waals surface area contributed by atoms with Crippen molar-refractivity contribution in [3.63, 3.8) is 0 Å². The summed E-state index contributed by atoms with van der Waals surface area (Å²) in [7, 11) is 0. The Labute approximate surface area is 115 Å². The second kappa shape index (κ2) is 6.00. The SMILES string of the molecule is Cc1ccnc(NCCCc2cn[nH]c2C)c1Br. The summed E-state index contributed by atoms with van der Waals surface area (Å²) in [5.41, 5.74) is 3.64. The maximum Gasteiger partial charge on any atom is 0.140 e. The van der Waals surface area contributed by atoms with Crippen LogP contribution in [-0.2, 0) is 6.42 Å². The van der Waals surface area contributed by atoms with Crippen molar-refractivity contribution in [2.45, 2.75) is 26.7 Å². The number of aromatic nitrogens is 3. The first-order valence-electron chi connectivity index (χ1n) is 6.02. The molecule has 0 aliphatic rings. The molecule has 4 nitrogen and oxygen atoms in total. The Morgan fingerprint density at radius 1 is 1.39 bits per heavy atom. The second-order valence-corrected chi connectivity index (χ2v) is 5.13. The van der Waals surface area contributed by atoms with E-state index in [0.29, 0.717) is 0 Å². The Morgan fingerprint density at radius 2 is 2.22 bits per heavy atom. The molecule has 0 atom stereocenters. The van der Waals surface area contributed by atoms with E-state index in [1.807, 2.05) is 18.5 Å². The van der Waals surface area contributed by atoms with E-state index in [4.69, 9.17) is 0 Å². The van der Waals surface area contributed by atoms with Gasteiger partial charge in [-0.3, -0.25) is 5.10 Å². The first-order valence-corrected chi connectivity index (χ1v) is 6.81. The van der Waals surface area contributed by atoms with Crippen molar-refractivity contribution in [3.8, 4) is 0 Å². The monoisotopic (exact) mass is 308 g/mol. The number of nitrogens with one attached hydrogen (secondary N) is 2. The average Bonchev–Trinajstić information content (AvgIpc) is 2.76. The number of rotatable bonds is 5. The molecule has 0 amide bonds. The first-order chi connectivity index (χ1) is 8.68. The number of hydrogen-bond acceptors (Lipinski definition) is 3. The van der Waals surface area contributed by atoms with Gasteiger partial charge in [-0.1, -0.05) is 0 Å². The Kier molecular flexibility index (Phi) is 4.36. The van der Waals surface area contributed by atoms with E-state index in [1.54, 1.807) is 0 Å². The van der Waals surface area contributed by atoms with Gasteiger partial charge in [0.25, 0.3) is 0 Å². The van der Waals surface area contributed by atoms with Crippen molar-refractivity contribution in [2.24, 2.45) is 0 Å². The fourth-order valence-corrected chi connectivity index (χ4v) is 2.15. The number of hydrogen-bond donors (Lipinski definition) is 2. The zero-order valence-corrected chi connectivity index (χ0v) is 12.2. The van der Waals surface area contributed by atoms with Gasteiger partial charge in [-0.2, -0.15) is 5.10 Å². The number of aryl methyl sites for hydroxylation is 3. The van der Waals surface area contributed by atoms with Crippen molar-refractivity contribution in [3.05, 3.63) is 39.8 Å². The van der Waals surface area contributed by atoms with Crippen LogP contribution >= 0.6 is 15.9 Å². The molecule has 0 unspecified atom stereocenters. The van der Waals surface area contributed by atoms with Crippen LogP contribution in [0.3, 0.4) is 0 Å². The topological polar surface area (TPSA) is 53.6 Å². The second-order valence-electron chi connectivity index (χ2n) is 4.34. The third-order valence-corrected chi connectivity index (χ3v) is 3.93. The number of anilines is 1. The van der Waals surface area contributed by atoms with E-state index in [-0.39, 0.29) is 0 Å². The molecule has 2 heterocycles. The van der Waals surface area contributed by atoms with Crippen LogP contribution in [0.2, 0.25) is 0 Å². The standard InChI is InChI=1S/C13H17BrN4/c1-9-5-7-16-13(12(9)14)15-6-3-4-11-8-17-18-10(11)2/h5,7-8H,3-4,6H2,1-2H3,(H,15,16)(H,17,18). The minimum atomic E-state index is 0.902. The van der Waals surface area contributed by atoms with Crippen LogP contribution in [0.4, 0.5) is 5.82 Å². The molecule has 0 saturated heterocycles. The molecule has 5 heteroatoms. The molecular weight excluding hydrogens is 292 g/mol. The molecule has 2 N–H and O–H groups in total. The lowest BCUT2D eigenvalue weighted by Gasteiger charge is -2.08. The molecule has 0 aliphatic carbocycles. The highest BCUT2D eigenvalue weighted by Gasteiger charge is 2.03. The van der Waals surface area contributed by atoms with Crippen LogP contribution in [0.25, 0.3) is 0 Å². The summed E-state index contributed by atoms with van der Waals surface area (Å²) in [6, 6.07) is 1.99. The van der Waals surface area contributed by atoms with Crippen molar-refractivity contribution < 1.29 is 0 Å². The molecule has 0 fully saturated rings. The van der Waals surface area contributed by atoms with Gasteiger partial charge in [-0.05, 0) is 59.8 Å². The van der Waals surface area contributed by atoms with E-state index < -0.39 is 0 Å². The Hall–Kier alpha value is -1.36. The predicted octanol–water partition coefficient (Wildman–Crippen LogP) is 3.23. The highest BCUT2D eigenvalue weighted by atomic mass is 79.9. The molecule has 0 saturated carbocycles. The number of halogens is 1. The van der Waals surface area contributed by atoms with Gasteiger partial charge >= 0.3 is 0 Å². The average molecular weight is 309 g/mol. The molecule has 96 valence electrons.